The summed E-state index contributed by atoms with van der Waals surface area (Å²) in [7, 11) is -10.9. The first-order chi connectivity index (χ1) is 21.0. The lowest BCUT2D eigenvalue weighted by Crippen LogP contribution is -2.37. The van der Waals surface area contributed by atoms with Crippen molar-refractivity contribution in [2.45, 2.75) is 69.3 Å². The molecule has 0 spiro atoms. The highest BCUT2D eigenvalue weighted by molar-refractivity contribution is 7.54. The minimum absolute atomic E-state index is 0.0740. The summed E-state index contributed by atoms with van der Waals surface area (Å²) >= 11 is 0. The van der Waals surface area contributed by atoms with Gasteiger partial charge in [-0.3, -0.25) is 37.8 Å². The molecule has 25 heteroatoms. The Hall–Kier alpha value is -3.84. The number of phosphoric ester groups is 1. The van der Waals surface area contributed by atoms with Gasteiger partial charge in [0, 0.05) is 46.2 Å². The molecule has 0 radical (unpaired) electrons. The van der Waals surface area contributed by atoms with Crippen LogP contribution in [-0.2, 0) is 27.7 Å². The highest BCUT2D eigenvalue weighted by Gasteiger charge is 2.53. The lowest BCUT2D eigenvalue weighted by molar-refractivity contribution is -0.0509. The van der Waals surface area contributed by atoms with Gasteiger partial charge in [-0.1, -0.05) is 10.2 Å². The van der Waals surface area contributed by atoms with Crippen molar-refractivity contribution in [3.8, 4) is 0 Å². The van der Waals surface area contributed by atoms with Gasteiger partial charge in [0.25, 0.3) is 11.1 Å². The van der Waals surface area contributed by atoms with Crippen molar-refractivity contribution < 1.29 is 42.3 Å². The first-order valence-corrected chi connectivity index (χ1v) is 16.0. The second-order valence-corrected chi connectivity index (χ2v) is 13.1. The fourth-order valence-corrected chi connectivity index (χ4v) is 7.20. The summed E-state index contributed by atoms with van der Waals surface area (Å²) in [6, 6.07) is -2.53. The Balaban J connectivity index is 1.62. The molecular weight excluding hydrogens is 650 g/mol. The molecule has 244 valence electrons. The van der Waals surface area contributed by atoms with Crippen molar-refractivity contribution >= 4 is 15.4 Å². The Labute approximate surface area is 249 Å². The van der Waals surface area contributed by atoms with Crippen molar-refractivity contribution in [3.63, 3.8) is 0 Å². The topological polar surface area (TPSA) is 339 Å². The summed E-state index contributed by atoms with van der Waals surface area (Å²) < 4.78 is 48.4. The Morgan fingerprint density at radius 2 is 1.42 bits per heavy atom. The number of nitrogens with one attached hydrogen (secondary N) is 2. The number of aromatic nitrogens is 4. The Morgan fingerprint density at radius 3 is 1.93 bits per heavy atom. The third kappa shape index (κ3) is 7.70. The SMILES string of the molecule is Cc1cn([C@@H]2C[C@@H](N=[N+]=[N-])[C@H](COP(=O)(O)C(OP(=O)(O)O)[C@@H]3O[C@H](n4cc(C)c(=O)[nH]c4=O)C[C@H]3N=[N+]=[N-])O2)c(=O)[nH]c1=O. The number of aryl methyl sites for hydroxylation is 2. The molecule has 0 saturated carbocycles. The van der Waals surface area contributed by atoms with E-state index in [-0.39, 0.29) is 24.0 Å². The molecule has 0 bridgehead atoms. The van der Waals surface area contributed by atoms with Crippen LogP contribution in [0.15, 0.2) is 41.8 Å². The molecule has 2 saturated heterocycles. The highest BCUT2D eigenvalue weighted by atomic mass is 31.2. The van der Waals surface area contributed by atoms with Crippen LogP contribution >= 0.6 is 15.4 Å². The number of H-pyrrole nitrogens is 2. The van der Waals surface area contributed by atoms with E-state index >= 15 is 0 Å². The second kappa shape index (κ2) is 13.3. The van der Waals surface area contributed by atoms with Crippen molar-refractivity contribution in [1.82, 2.24) is 19.1 Å². The van der Waals surface area contributed by atoms with Gasteiger partial charge < -0.3 is 28.7 Å². The number of hydrogen-bond donors (Lipinski definition) is 5. The average molecular weight is 676 g/mol. The normalized spacial score (nSPS) is 26.9. The van der Waals surface area contributed by atoms with Crippen LogP contribution in [0, 0.1) is 13.8 Å². The molecule has 2 aromatic heterocycles. The summed E-state index contributed by atoms with van der Waals surface area (Å²) in [4.78, 5) is 87.8. The van der Waals surface area contributed by atoms with Crippen molar-refractivity contribution in [2.75, 3.05) is 6.61 Å². The summed E-state index contributed by atoms with van der Waals surface area (Å²) in [6.07, 6.45) is -3.86. The zero-order valence-electron chi connectivity index (χ0n) is 23.2. The van der Waals surface area contributed by atoms with Crippen LogP contribution in [-0.4, -0.2) is 70.5 Å². The van der Waals surface area contributed by atoms with E-state index < -0.39 is 87.1 Å². The predicted molar refractivity (Wildman–Crippen MR) is 148 cm³/mol. The van der Waals surface area contributed by atoms with E-state index in [1.807, 2.05) is 4.98 Å². The van der Waals surface area contributed by atoms with Gasteiger partial charge in [-0.25, -0.2) is 14.2 Å². The lowest BCUT2D eigenvalue weighted by Gasteiger charge is -2.30. The van der Waals surface area contributed by atoms with Crippen molar-refractivity contribution in [1.29, 1.82) is 0 Å². The van der Waals surface area contributed by atoms with Crippen molar-refractivity contribution in [3.05, 3.63) is 86.1 Å². The van der Waals surface area contributed by atoms with Gasteiger partial charge >= 0.3 is 26.8 Å². The largest absolute Gasteiger partial charge is 0.470 e. The number of nitrogens with zero attached hydrogens (tertiary/aromatic N) is 8. The van der Waals surface area contributed by atoms with E-state index in [9.17, 15) is 43.0 Å². The second-order valence-electron chi connectivity index (χ2n) is 10.0. The van der Waals surface area contributed by atoms with Crippen LogP contribution in [0.5, 0.6) is 0 Å². The molecule has 8 atom stereocenters. The monoisotopic (exact) mass is 676 g/mol. The molecule has 4 rings (SSSR count). The van der Waals surface area contributed by atoms with Gasteiger partial charge in [0.15, 0.2) is 5.85 Å². The van der Waals surface area contributed by atoms with Gasteiger partial charge in [-0.2, -0.15) is 0 Å². The molecule has 2 unspecified atom stereocenters. The van der Waals surface area contributed by atoms with E-state index in [1.165, 1.54) is 20.0 Å². The van der Waals surface area contributed by atoms with Crippen LogP contribution in [0.1, 0.15) is 36.4 Å². The molecule has 0 aliphatic carbocycles. The predicted octanol–water partition coefficient (Wildman–Crippen LogP) is 0.274. The van der Waals surface area contributed by atoms with E-state index in [0.717, 1.165) is 15.3 Å². The maximum Gasteiger partial charge on any atom is 0.470 e. The molecule has 2 aliphatic rings. The smallest absolute Gasteiger partial charge is 0.352 e. The fraction of sp³-hybridized carbons (Fsp3) is 0.600. The van der Waals surface area contributed by atoms with Crippen LogP contribution in [0.4, 0.5) is 0 Å². The van der Waals surface area contributed by atoms with Crippen LogP contribution in [0.3, 0.4) is 0 Å². The van der Waals surface area contributed by atoms with Crippen LogP contribution in [0.2, 0.25) is 0 Å². The van der Waals surface area contributed by atoms with E-state index in [4.69, 9.17) is 25.1 Å². The standard InChI is InChI=1S/C20H26N10O13P2/c1-8-5-29(19(33)23-16(8)31)13-3-10(25-27-21)12(41-13)7-40-44(35,36)18(43-45(37,38)39)15-11(26-28-22)4-14(42-15)30-6-9(2)17(32)24-20(30)34/h5-6,10-15,18H,3-4,7H2,1-2H3,(H,35,36)(H,23,31,33)(H,24,32,34)(H2,37,38,39)/t10-,11-,12+,13+,14+,15-,18?/m1/s1. The zero-order valence-corrected chi connectivity index (χ0v) is 25.0. The molecule has 2 aromatic rings. The third-order valence-corrected chi connectivity index (χ3v) is 9.15. The summed E-state index contributed by atoms with van der Waals surface area (Å²) in [5.74, 6) is -2.52. The molecule has 4 heterocycles. The highest BCUT2D eigenvalue weighted by Crippen LogP contribution is 2.58. The van der Waals surface area contributed by atoms with E-state index in [0.29, 0.717) is 0 Å². The van der Waals surface area contributed by atoms with Gasteiger partial charge in [0.05, 0.1) is 24.8 Å². The maximum atomic E-state index is 13.5. The van der Waals surface area contributed by atoms with Gasteiger partial charge in [0.1, 0.15) is 18.6 Å². The van der Waals surface area contributed by atoms with Crippen LogP contribution < -0.4 is 22.5 Å². The van der Waals surface area contributed by atoms with Gasteiger partial charge in [0.2, 0.25) is 0 Å². The molecule has 2 aliphatic heterocycles. The number of ether oxygens (including phenoxy) is 2. The third-order valence-electron chi connectivity index (χ3n) is 6.92. The molecule has 45 heavy (non-hydrogen) atoms. The van der Waals surface area contributed by atoms with Gasteiger partial charge in [-0.05, 0) is 24.9 Å². The lowest BCUT2D eigenvalue weighted by atomic mass is 10.1. The Kier molecular flexibility index (Phi) is 10.0. The van der Waals surface area contributed by atoms with E-state index in [1.54, 1.807) is 0 Å². The molecule has 23 nitrogen and oxygen atoms in total. The molecule has 5 N–H and O–H groups in total. The minimum Gasteiger partial charge on any atom is -0.352 e. The van der Waals surface area contributed by atoms with Crippen LogP contribution in [0.25, 0.3) is 20.9 Å². The fourth-order valence-electron chi connectivity index (χ4n) is 4.81. The number of azide groups is 2. The molecule has 0 aromatic carbocycles. The Morgan fingerprint density at radius 1 is 0.933 bits per heavy atom. The average Bonchev–Trinajstić information content (AvgIpc) is 3.54. The Bertz CT molecular complexity index is 1890. The first-order valence-electron chi connectivity index (χ1n) is 12.8. The molecule has 2 fully saturated rings. The summed E-state index contributed by atoms with van der Waals surface area (Å²) in [6.45, 7) is 1.94. The number of aromatic amines is 2. The summed E-state index contributed by atoms with van der Waals surface area (Å²) in [5, 5.41) is 7.02. The molecule has 0 amide bonds. The number of hydrogen-bond acceptors (Lipinski definition) is 12. The first kappa shape index (κ1) is 34.0. The zero-order chi connectivity index (χ0) is 33.3. The van der Waals surface area contributed by atoms with Gasteiger partial charge in [-0.15, -0.1) is 0 Å². The number of rotatable bonds is 11. The van der Waals surface area contributed by atoms with Crippen molar-refractivity contribution in [2.24, 2.45) is 10.2 Å². The maximum absolute atomic E-state index is 13.5. The summed E-state index contributed by atoms with van der Waals surface area (Å²) in [5.41, 5.74) is 15.2. The molecular formula is C20H26N10O13P2. The van der Waals surface area contributed by atoms with E-state index in [2.05, 4.69) is 29.6 Å². The number of phosphoric acid groups is 1. The quantitative estimate of drug-likeness (QED) is 0.0924. The minimum atomic E-state index is -5.58.